The molecule has 2 aromatic carbocycles. The number of nitrogen functional groups attached to an aromatic ring is 1. The molecule has 2 amide bonds. The topological polar surface area (TPSA) is 116 Å². The zero-order valence-electron chi connectivity index (χ0n) is 50.8. The first-order chi connectivity index (χ1) is 39.0. The molecule has 0 aliphatic carbocycles. The van der Waals surface area contributed by atoms with E-state index in [1.807, 2.05) is 59.7 Å². The van der Waals surface area contributed by atoms with Gasteiger partial charge >= 0.3 is 12.2 Å². The number of hydrogen-bond donors (Lipinski definition) is 2. The standard InChI is InChI=1S/C16H24N2O3.C13H18N2O3.B46/c1-11(2)17-12-6-7-14-13(10-12)18(8-9-20-14)15(19)21-16(3,4)5;1-13(2,3)18-12(16)15-6-7-17-11-5-4-9(14)8-10(11)15;1-25(2)37(26(3)4)43(38(27(5)6)28(7)8)46(44(39(29(9)10)30(11)12)40(31(13)14)32(15)16)45(41(33(17)18)34(19)20)42(35(21)22)36(23)24/h6-7,10-11,17H,8-9H2,1-5H3;4-5,8H,6-7,14H2,1-3H3;. The molecule has 0 spiro atoms. The molecule has 0 saturated heterocycles. The molecule has 0 bridgehead atoms. The van der Waals surface area contributed by atoms with Gasteiger partial charge < -0.3 is 30.0 Å². The average Bonchev–Trinajstić information content (AvgIpc) is 1.03. The molecule has 0 atom stereocenters. The van der Waals surface area contributed by atoms with Crippen LogP contribution < -0.4 is 30.3 Å². The minimum Gasteiger partial charge on any atom is -0.490 e. The molecule has 4 rings (SSSR count). The highest BCUT2D eigenvalue weighted by Crippen LogP contribution is 2.36. The molecular weight excluding hydrogens is 998 g/mol. The maximum atomic E-state index is 12.3. The van der Waals surface area contributed by atoms with Crippen LogP contribution in [0.4, 0.5) is 32.3 Å². The van der Waals surface area contributed by atoms with Gasteiger partial charge in [-0.05, 0) is 91.8 Å². The van der Waals surface area contributed by atoms with Crippen LogP contribution in [0, 0.1) is 0 Å². The average molecular weight is 1040 g/mol. The van der Waals surface area contributed by atoms with E-state index in [1.54, 1.807) is 28.0 Å². The molecular formula is C29H42B46N4O6. The number of amides is 2. The quantitative estimate of drug-likeness (QED) is 0.0835. The molecule has 0 aromatic heterocycles. The minimum atomic E-state index is -1.30. The first kappa shape index (κ1) is 80.3. The van der Waals surface area contributed by atoms with Crippen LogP contribution in [-0.4, -0.2) is 382 Å². The lowest BCUT2D eigenvalue weighted by Crippen LogP contribution is -2.94. The molecule has 0 fully saturated rings. The van der Waals surface area contributed by atoms with Gasteiger partial charge in [0.2, 0.25) is 0 Å². The van der Waals surface area contributed by atoms with Gasteiger partial charge in [-0.1, -0.05) is 0 Å². The number of anilines is 4. The molecule has 85 heavy (non-hydrogen) atoms. The van der Waals surface area contributed by atoms with Gasteiger partial charge in [0.15, 0.2) is 0 Å². The lowest BCUT2D eigenvalue weighted by atomic mass is 8.25. The van der Waals surface area contributed by atoms with Gasteiger partial charge in [0, 0.05) is 344 Å². The monoisotopic (exact) mass is 1050 g/mol. The summed E-state index contributed by atoms with van der Waals surface area (Å²) in [5.41, 5.74) is 7.67. The van der Waals surface area contributed by atoms with Crippen molar-refractivity contribution in [2.75, 3.05) is 47.2 Å². The fourth-order valence-corrected chi connectivity index (χ4v) is 11.6. The van der Waals surface area contributed by atoms with Crippen molar-refractivity contribution < 1.29 is 28.5 Å². The number of fused-ring (bicyclic) bond motifs is 2. The van der Waals surface area contributed by atoms with E-state index >= 15 is 0 Å². The summed E-state index contributed by atoms with van der Waals surface area (Å²) in [5.74, 6) is 1.36. The van der Waals surface area contributed by atoms with Crippen LogP contribution in [-0.2, 0) is 9.47 Å². The third-order valence-corrected chi connectivity index (χ3v) is 14.7. The van der Waals surface area contributed by atoms with Crippen LogP contribution in [0.2, 0.25) is 0 Å². The van der Waals surface area contributed by atoms with Gasteiger partial charge in [0.1, 0.15) is 35.9 Å². The molecule has 3 N–H and O–H groups in total. The summed E-state index contributed by atoms with van der Waals surface area (Å²) in [6, 6.07) is 11.3. The summed E-state index contributed by atoms with van der Waals surface area (Å²) in [6.45, 7) is 17.1. The van der Waals surface area contributed by atoms with E-state index in [0.29, 0.717) is 55.2 Å². The van der Waals surface area contributed by atoms with Crippen LogP contribution in [0.3, 0.4) is 0 Å². The second-order valence-electron chi connectivity index (χ2n) is 24.4. The van der Waals surface area contributed by atoms with Crippen molar-refractivity contribution in [1.29, 1.82) is 0 Å². The van der Waals surface area contributed by atoms with E-state index in [4.69, 9.17) is 210 Å². The molecule has 2 aliphatic heterocycles. The number of nitrogens with two attached hydrogens (primary N) is 1. The summed E-state index contributed by atoms with van der Waals surface area (Å²) in [7, 11) is 153. The summed E-state index contributed by atoms with van der Waals surface area (Å²) >= 11 is 0. The van der Waals surface area contributed by atoms with E-state index in [9.17, 15) is 9.59 Å². The molecule has 2 aliphatic rings. The summed E-state index contributed by atoms with van der Waals surface area (Å²) in [4.78, 5) is 27.6. The Morgan fingerprint density at radius 2 is 0.682 bits per heavy atom. The van der Waals surface area contributed by atoms with Crippen molar-refractivity contribution in [3.05, 3.63) is 36.4 Å². The molecule has 10 nitrogen and oxygen atoms in total. The molecule has 0 unspecified atom stereocenters. The number of nitrogens with one attached hydrogen (secondary N) is 1. The summed E-state index contributed by atoms with van der Waals surface area (Å²) in [5, 5.41) is 3.33. The zero-order chi connectivity index (χ0) is 65.7. The normalized spacial score (nSPS) is 11.9. The fraction of sp³-hybridized carbons (Fsp3) is 0.517. The fourth-order valence-electron chi connectivity index (χ4n) is 11.6. The second-order valence-corrected chi connectivity index (χ2v) is 24.4. The Hall–Kier alpha value is -0.833. The first-order valence-electron chi connectivity index (χ1n) is 28.2. The number of hydrogen-bond acceptors (Lipinski definition) is 8. The number of nitrogens with zero attached hydrogens (tertiary/aromatic N) is 2. The van der Waals surface area contributed by atoms with Crippen LogP contribution in [0.15, 0.2) is 36.4 Å². The predicted octanol–water partition coefficient (Wildman–Crippen LogP) is -11.5. The molecule has 352 valence electrons. The van der Waals surface area contributed by atoms with Crippen LogP contribution in [0.25, 0.3) is 0 Å². The third-order valence-electron chi connectivity index (χ3n) is 14.7. The maximum absolute atomic E-state index is 12.3. The maximum Gasteiger partial charge on any atom is 0.415 e. The van der Waals surface area contributed by atoms with E-state index in [0.717, 1.165) is 11.4 Å². The van der Waals surface area contributed by atoms with E-state index in [1.165, 1.54) is 0 Å². The zero-order valence-corrected chi connectivity index (χ0v) is 50.8. The molecule has 48 radical (unpaired) electrons. The number of ether oxygens (including phenoxy) is 4. The highest BCUT2D eigenvalue weighted by atomic mass is 16.6. The van der Waals surface area contributed by atoms with Crippen LogP contribution in [0.5, 0.6) is 11.5 Å². The van der Waals surface area contributed by atoms with Gasteiger partial charge in [-0.15, -0.1) is 0 Å². The van der Waals surface area contributed by atoms with Gasteiger partial charge in [-0.3, -0.25) is 9.80 Å². The van der Waals surface area contributed by atoms with Crippen molar-refractivity contribution in [2.45, 2.75) is 72.6 Å². The predicted molar refractivity (Wildman–Crippen MR) is 419 cm³/mol. The molecule has 2 heterocycles. The smallest absolute Gasteiger partial charge is 0.415 e. The Morgan fingerprint density at radius 1 is 0.435 bits per heavy atom. The highest BCUT2D eigenvalue weighted by molar-refractivity contribution is 8.34. The molecule has 0 saturated carbocycles. The Bertz CT molecular complexity index is 2120. The van der Waals surface area contributed by atoms with E-state index in [2.05, 4.69) is 19.2 Å². The minimum absolute atomic E-state index is 0.322. The lowest BCUT2D eigenvalue weighted by molar-refractivity contribution is 0.0557. The van der Waals surface area contributed by atoms with Crippen molar-refractivity contribution in [1.82, 2.24) is 0 Å². The van der Waals surface area contributed by atoms with Crippen LogP contribution in [0.1, 0.15) is 55.4 Å². The van der Waals surface area contributed by atoms with Crippen molar-refractivity contribution >= 4 is 361 Å². The Labute approximate surface area is 553 Å². The van der Waals surface area contributed by atoms with E-state index < -0.39 is 152 Å². The Kier molecular flexibility index (Phi) is 33.8. The summed E-state index contributed by atoms with van der Waals surface area (Å²) in [6.07, 6.45) is -27.9. The van der Waals surface area contributed by atoms with Gasteiger partial charge in [0.25, 0.3) is 0 Å². The first-order valence-corrected chi connectivity index (χ1v) is 28.2. The SMILES string of the molecule is CC(C)(C)OC(=O)N1CCOc2ccc(N)cc21.CC(C)Nc1ccc2c(c1)N(C(=O)OC(C)(C)C)CCO2.[B]B([B])B(B([B])[B])B(B(B([B])[B])B([B])[B])B(B(B(B([B])[B])B([B])[B])B(B([B])[B])B([B])[B])B(B(B([B])[B])B([B])[B])B(B([B])[B])B([B])[B]. The number of benzene rings is 2. The lowest BCUT2D eigenvalue weighted by Gasteiger charge is -2.56. The number of carbonyl (C=O) groups is 2. The second kappa shape index (κ2) is 35.8. The van der Waals surface area contributed by atoms with Gasteiger partial charge in [-0.2, -0.15) is 0 Å². The largest absolute Gasteiger partial charge is 0.490 e. The van der Waals surface area contributed by atoms with Gasteiger partial charge in [0.05, 0.1) is 24.5 Å². The van der Waals surface area contributed by atoms with E-state index in [-0.39, 0.29) is 12.2 Å². The Morgan fingerprint density at radius 3 is 0.929 bits per heavy atom. The van der Waals surface area contributed by atoms with Crippen LogP contribution >= 0.6 is 0 Å². The third kappa shape index (κ3) is 24.0. The van der Waals surface area contributed by atoms with Gasteiger partial charge in [-0.25, -0.2) is 9.59 Å². The van der Waals surface area contributed by atoms with Crippen molar-refractivity contribution in [3.8, 4) is 11.5 Å². The number of carbonyl (C=O) groups excluding carboxylic acids is 2. The molecule has 2 aromatic rings. The number of rotatable bonds is 23. The Balaban J connectivity index is 0.000000511. The molecule has 56 heteroatoms. The van der Waals surface area contributed by atoms with Crippen molar-refractivity contribution in [3.63, 3.8) is 0 Å². The van der Waals surface area contributed by atoms with Crippen molar-refractivity contribution in [2.24, 2.45) is 0 Å². The highest BCUT2D eigenvalue weighted by Gasteiger charge is 2.59. The summed E-state index contributed by atoms with van der Waals surface area (Å²) < 4.78 is 21.9.